The smallest absolute Gasteiger partial charge is 0.225 e. The minimum Gasteiger partial charge on any atom is -0.390 e. The third-order valence-electron chi connectivity index (χ3n) is 7.26. The molecule has 3 aromatic heterocycles. The molecule has 1 aliphatic heterocycles. The van der Waals surface area contributed by atoms with E-state index in [9.17, 15) is 15.3 Å². The van der Waals surface area contributed by atoms with Gasteiger partial charge in [0.2, 0.25) is 5.95 Å². The number of aliphatic hydroxyl groups is 3. The number of pyridine rings is 1. The van der Waals surface area contributed by atoms with E-state index in [1.54, 1.807) is 20.0 Å². The third kappa shape index (κ3) is 4.90. The summed E-state index contributed by atoms with van der Waals surface area (Å²) in [6, 6.07) is 1.66. The van der Waals surface area contributed by atoms with Gasteiger partial charge in [-0.05, 0) is 53.0 Å². The monoisotopic (exact) mass is 514 g/mol. The van der Waals surface area contributed by atoms with Gasteiger partial charge in [0.1, 0.15) is 22.4 Å². The summed E-state index contributed by atoms with van der Waals surface area (Å²) in [6.07, 6.45) is 1.80. The first-order valence-corrected chi connectivity index (χ1v) is 13.2. The van der Waals surface area contributed by atoms with Crippen molar-refractivity contribution in [3.63, 3.8) is 0 Å². The number of ether oxygens (including phenoxy) is 1. The van der Waals surface area contributed by atoms with Gasteiger partial charge in [-0.25, -0.2) is 9.97 Å². The van der Waals surface area contributed by atoms with Crippen LogP contribution >= 0.6 is 11.3 Å². The third-order valence-corrected chi connectivity index (χ3v) is 8.30. The molecule has 2 fully saturated rings. The quantitative estimate of drug-likeness (QED) is 0.333. The Kier molecular flexibility index (Phi) is 6.86. The molecule has 10 nitrogen and oxygen atoms in total. The molecule has 0 bridgehead atoms. The van der Waals surface area contributed by atoms with Crippen molar-refractivity contribution in [2.75, 3.05) is 23.8 Å². The van der Waals surface area contributed by atoms with Crippen LogP contribution in [0.3, 0.4) is 0 Å². The molecule has 0 amide bonds. The summed E-state index contributed by atoms with van der Waals surface area (Å²) in [7, 11) is 0. The Balaban J connectivity index is 1.54. The molecule has 4 heterocycles. The normalized spacial score (nSPS) is 25.4. The number of hydrogen-bond donors (Lipinski definition) is 5. The van der Waals surface area contributed by atoms with E-state index in [2.05, 4.69) is 15.6 Å². The lowest BCUT2D eigenvalue weighted by Gasteiger charge is -2.28. The topological polar surface area (TPSA) is 146 Å². The summed E-state index contributed by atoms with van der Waals surface area (Å²) in [5.41, 5.74) is 2.06. The molecule has 1 saturated carbocycles. The first-order chi connectivity index (χ1) is 17.1. The minimum atomic E-state index is -1.13. The van der Waals surface area contributed by atoms with Crippen LogP contribution in [-0.2, 0) is 4.74 Å². The summed E-state index contributed by atoms with van der Waals surface area (Å²) in [5, 5.41) is 39.6. The van der Waals surface area contributed by atoms with Gasteiger partial charge in [-0.2, -0.15) is 4.98 Å². The molecular weight excluding hydrogens is 480 g/mol. The number of nitrogens with zero attached hydrogens (tertiary/aromatic N) is 4. The summed E-state index contributed by atoms with van der Waals surface area (Å²) in [4.78, 5) is 18.8. The minimum absolute atomic E-state index is 0.214. The van der Waals surface area contributed by atoms with E-state index in [-0.39, 0.29) is 6.04 Å². The van der Waals surface area contributed by atoms with Gasteiger partial charge in [0.25, 0.3) is 0 Å². The second-order valence-electron chi connectivity index (χ2n) is 10.4. The van der Waals surface area contributed by atoms with Gasteiger partial charge in [-0.15, -0.1) is 11.3 Å². The lowest BCUT2D eigenvalue weighted by molar-refractivity contribution is -0.0601. The molecule has 0 unspecified atom stereocenters. The van der Waals surface area contributed by atoms with Gasteiger partial charge in [0.15, 0.2) is 0 Å². The van der Waals surface area contributed by atoms with Gasteiger partial charge < -0.3 is 30.7 Å². The highest BCUT2D eigenvalue weighted by Gasteiger charge is 2.48. The van der Waals surface area contributed by atoms with Crippen LogP contribution in [0.1, 0.15) is 44.5 Å². The van der Waals surface area contributed by atoms with Crippen LogP contribution in [0.2, 0.25) is 0 Å². The Bertz CT molecular complexity index is 1240. The molecule has 1 saturated heterocycles. The molecule has 1 aliphatic carbocycles. The Morgan fingerprint density at radius 3 is 2.44 bits per heavy atom. The van der Waals surface area contributed by atoms with Gasteiger partial charge >= 0.3 is 0 Å². The number of fused-ring (bicyclic) bond motifs is 1. The molecule has 5 rings (SSSR count). The average molecular weight is 515 g/mol. The number of aliphatic hydroxyl groups excluding tert-OH is 2. The SMILES string of the molecule is Cc1nc(NC2CCOCC2)nc(N[C@@H]2C[C@H](C(C)(C)O)[C@@H](O)[C@H]2O)c1-c1nc2c(C)nccc2s1. The standard InChI is InChI=1S/C25H34N6O4S/c1-12-18(23-30-19-13(2)26-8-5-17(19)36-23)22(31-24(27-12)28-14-6-9-35-10-7-14)29-16-11-15(25(3,4)34)20(32)21(16)33/h5,8,14-16,20-21,32-34H,6-7,9-11H2,1-4H3,(H2,27,28,29,31)/t15-,16+,20+,21-/m0/s1. The van der Waals surface area contributed by atoms with Gasteiger partial charge in [-0.1, -0.05) is 0 Å². The van der Waals surface area contributed by atoms with Crippen LogP contribution in [-0.4, -0.2) is 78.4 Å². The number of rotatable bonds is 6. The summed E-state index contributed by atoms with van der Waals surface area (Å²) < 4.78 is 6.49. The molecule has 0 radical (unpaired) electrons. The molecule has 36 heavy (non-hydrogen) atoms. The first kappa shape index (κ1) is 25.2. The molecule has 5 N–H and O–H groups in total. The van der Waals surface area contributed by atoms with Crippen molar-refractivity contribution in [1.29, 1.82) is 0 Å². The van der Waals surface area contributed by atoms with Crippen molar-refractivity contribution in [3.8, 4) is 10.6 Å². The van der Waals surface area contributed by atoms with Crippen LogP contribution < -0.4 is 10.6 Å². The van der Waals surface area contributed by atoms with E-state index in [0.29, 0.717) is 31.4 Å². The molecular formula is C25H34N6O4S. The zero-order valence-electron chi connectivity index (χ0n) is 21.0. The van der Waals surface area contributed by atoms with Crippen LogP contribution in [0.5, 0.6) is 0 Å². The van der Waals surface area contributed by atoms with E-state index in [1.165, 1.54) is 11.3 Å². The molecule has 3 aromatic rings. The maximum atomic E-state index is 10.8. The first-order valence-electron chi connectivity index (χ1n) is 12.4. The lowest BCUT2D eigenvalue weighted by Crippen LogP contribution is -2.40. The zero-order valence-corrected chi connectivity index (χ0v) is 21.8. The Labute approximate surface area is 214 Å². The second-order valence-corrected chi connectivity index (χ2v) is 11.4. The lowest BCUT2D eigenvalue weighted by atomic mass is 9.88. The summed E-state index contributed by atoms with van der Waals surface area (Å²) in [6.45, 7) is 8.57. The van der Waals surface area contributed by atoms with E-state index < -0.39 is 29.8 Å². The molecule has 4 atom stereocenters. The predicted molar refractivity (Wildman–Crippen MR) is 139 cm³/mol. The number of hydrogen-bond acceptors (Lipinski definition) is 11. The van der Waals surface area contributed by atoms with Gasteiger partial charge in [-0.3, -0.25) is 4.98 Å². The van der Waals surface area contributed by atoms with Crippen LogP contribution in [0.25, 0.3) is 20.8 Å². The highest BCUT2D eigenvalue weighted by molar-refractivity contribution is 7.21. The Morgan fingerprint density at radius 2 is 1.78 bits per heavy atom. The number of aryl methyl sites for hydroxylation is 2. The Hall–Kier alpha value is -2.44. The van der Waals surface area contributed by atoms with Crippen LogP contribution in [0.15, 0.2) is 12.3 Å². The van der Waals surface area contributed by atoms with Crippen molar-refractivity contribution >= 4 is 33.3 Å². The van der Waals surface area contributed by atoms with Crippen molar-refractivity contribution in [2.45, 2.75) is 76.9 Å². The number of thiazole rings is 1. The molecule has 0 aromatic carbocycles. The summed E-state index contributed by atoms with van der Waals surface area (Å²) in [5.74, 6) is 0.554. The molecule has 0 spiro atoms. The molecule has 2 aliphatic rings. The van der Waals surface area contributed by atoms with Crippen molar-refractivity contribution in [2.24, 2.45) is 5.92 Å². The van der Waals surface area contributed by atoms with Crippen LogP contribution in [0, 0.1) is 19.8 Å². The van der Waals surface area contributed by atoms with E-state index in [4.69, 9.17) is 19.7 Å². The molecule has 11 heteroatoms. The Morgan fingerprint density at radius 1 is 1.03 bits per heavy atom. The number of aromatic nitrogens is 4. The predicted octanol–water partition coefficient (Wildman–Crippen LogP) is 2.65. The van der Waals surface area contributed by atoms with E-state index >= 15 is 0 Å². The highest BCUT2D eigenvalue weighted by Crippen LogP contribution is 2.40. The number of anilines is 2. The zero-order chi connectivity index (χ0) is 25.6. The maximum Gasteiger partial charge on any atom is 0.225 e. The van der Waals surface area contributed by atoms with E-state index in [1.807, 2.05) is 19.9 Å². The van der Waals surface area contributed by atoms with Gasteiger partial charge in [0, 0.05) is 31.4 Å². The largest absolute Gasteiger partial charge is 0.390 e. The average Bonchev–Trinajstić information content (AvgIpc) is 3.37. The fourth-order valence-electron chi connectivity index (χ4n) is 5.17. The maximum absolute atomic E-state index is 10.8. The fourth-order valence-corrected chi connectivity index (χ4v) is 6.28. The van der Waals surface area contributed by atoms with E-state index in [0.717, 1.165) is 45.0 Å². The summed E-state index contributed by atoms with van der Waals surface area (Å²) >= 11 is 1.54. The van der Waals surface area contributed by atoms with Gasteiger partial charge in [0.05, 0.1) is 39.4 Å². The van der Waals surface area contributed by atoms with Crippen molar-refractivity contribution in [3.05, 3.63) is 23.7 Å². The van der Waals surface area contributed by atoms with Crippen molar-refractivity contribution in [1.82, 2.24) is 19.9 Å². The molecule has 194 valence electrons. The number of nitrogens with one attached hydrogen (secondary N) is 2. The highest BCUT2D eigenvalue weighted by atomic mass is 32.1. The van der Waals surface area contributed by atoms with Crippen molar-refractivity contribution < 1.29 is 20.1 Å². The second kappa shape index (κ2) is 9.79. The van der Waals surface area contributed by atoms with Crippen LogP contribution in [0.4, 0.5) is 11.8 Å². The fraction of sp³-hybridized carbons (Fsp3) is 0.600.